The van der Waals surface area contributed by atoms with Gasteiger partial charge in [0.15, 0.2) is 5.78 Å². The topological polar surface area (TPSA) is 43.1 Å². The first kappa shape index (κ1) is 11.2. The third-order valence-electron chi connectivity index (χ3n) is 2.76. The highest BCUT2D eigenvalue weighted by Crippen LogP contribution is 2.22. The minimum atomic E-state index is 0.0503. The van der Waals surface area contributed by atoms with Crippen molar-refractivity contribution in [2.45, 2.75) is 13.3 Å². The summed E-state index contributed by atoms with van der Waals surface area (Å²) in [6.45, 7) is 1.93. The van der Waals surface area contributed by atoms with E-state index in [1.807, 2.05) is 36.6 Å². The Kier molecular flexibility index (Phi) is 2.72. The molecule has 3 nitrogen and oxygen atoms in total. The number of thiazole rings is 1. The summed E-state index contributed by atoms with van der Waals surface area (Å²) in [4.78, 5) is 16.5. The number of furan rings is 1. The van der Waals surface area contributed by atoms with Crippen LogP contribution in [0.3, 0.4) is 0 Å². The maximum atomic E-state index is 12.2. The molecule has 1 aromatic carbocycles. The van der Waals surface area contributed by atoms with Gasteiger partial charge in [-0.05, 0) is 13.0 Å². The van der Waals surface area contributed by atoms with Crippen molar-refractivity contribution in [1.82, 2.24) is 4.98 Å². The number of aryl methyl sites for hydroxylation is 1. The smallest absolute Gasteiger partial charge is 0.173 e. The summed E-state index contributed by atoms with van der Waals surface area (Å²) in [6.07, 6.45) is 1.87. The first-order chi connectivity index (χ1) is 8.74. The van der Waals surface area contributed by atoms with Crippen LogP contribution in [0.5, 0.6) is 0 Å². The Hall–Kier alpha value is -1.94. The lowest BCUT2D eigenvalue weighted by molar-refractivity contribution is 0.0993. The number of ketones is 1. The summed E-state index contributed by atoms with van der Waals surface area (Å²) in [5.41, 5.74) is 2.34. The zero-order valence-electron chi connectivity index (χ0n) is 9.84. The number of rotatable bonds is 3. The second kappa shape index (κ2) is 4.38. The van der Waals surface area contributed by atoms with Crippen molar-refractivity contribution in [3.8, 4) is 0 Å². The average molecular weight is 257 g/mol. The maximum absolute atomic E-state index is 12.2. The Bertz CT molecular complexity index is 711. The lowest BCUT2D eigenvalue weighted by Gasteiger charge is -1.95. The predicted octanol–water partition coefficient (Wildman–Crippen LogP) is 3.62. The zero-order valence-corrected chi connectivity index (χ0v) is 10.7. The second-order valence-electron chi connectivity index (χ2n) is 4.13. The highest BCUT2D eigenvalue weighted by atomic mass is 32.1. The summed E-state index contributed by atoms with van der Waals surface area (Å²) < 4.78 is 5.38. The third kappa shape index (κ3) is 1.95. The van der Waals surface area contributed by atoms with Gasteiger partial charge in [0.25, 0.3) is 0 Å². The van der Waals surface area contributed by atoms with E-state index in [4.69, 9.17) is 4.42 Å². The Balaban J connectivity index is 1.92. The standard InChI is InChI=1S/C14H11NO2S/c1-9-8-18-14(15-9)6-12(16)11-7-17-13-5-3-2-4-10(11)13/h2-5,7-8H,6H2,1H3. The average Bonchev–Trinajstić information content (AvgIpc) is 2.95. The van der Waals surface area contributed by atoms with Crippen LogP contribution in [-0.2, 0) is 6.42 Å². The number of fused-ring (bicyclic) bond motifs is 1. The molecule has 0 bridgehead atoms. The quantitative estimate of drug-likeness (QED) is 0.673. The molecule has 18 heavy (non-hydrogen) atoms. The molecule has 0 atom stereocenters. The molecule has 0 fully saturated rings. The van der Waals surface area contributed by atoms with Crippen LogP contribution in [0, 0.1) is 6.92 Å². The van der Waals surface area contributed by atoms with Gasteiger partial charge >= 0.3 is 0 Å². The minimum absolute atomic E-state index is 0.0503. The molecule has 0 amide bonds. The number of para-hydroxylation sites is 1. The van der Waals surface area contributed by atoms with Crippen molar-refractivity contribution < 1.29 is 9.21 Å². The van der Waals surface area contributed by atoms with E-state index in [1.54, 1.807) is 0 Å². The second-order valence-corrected chi connectivity index (χ2v) is 5.07. The molecule has 0 spiro atoms. The lowest BCUT2D eigenvalue weighted by atomic mass is 10.1. The molecule has 0 aliphatic carbocycles. The molecule has 0 N–H and O–H groups in total. The molecule has 90 valence electrons. The van der Waals surface area contributed by atoms with Crippen molar-refractivity contribution in [1.29, 1.82) is 0 Å². The van der Waals surface area contributed by atoms with Gasteiger partial charge in [-0.1, -0.05) is 18.2 Å². The lowest BCUT2D eigenvalue weighted by Crippen LogP contribution is -2.02. The van der Waals surface area contributed by atoms with Crippen molar-refractivity contribution in [2.75, 3.05) is 0 Å². The maximum Gasteiger partial charge on any atom is 0.173 e. The number of hydrogen-bond donors (Lipinski definition) is 0. The van der Waals surface area contributed by atoms with Crippen molar-refractivity contribution in [2.24, 2.45) is 0 Å². The molecular formula is C14H11NO2S. The molecule has 4 heteroatoms. The highest BCUT2D eigenvalue weighted by molar-refractivity contribution is 7.09. The van der Waals surface area contributed by atoms with Crippen molar-refractivity contribution in [3.05, 3.63) is 52.2 Å². The molecule has 3 aromatic rings. The van der Waals surface area contributed by atoms with E-state index in [-0.39, 0.29) is 5.78 Å². The van der Waals surface area contributed by atoms with Crippen LogP contribution in [0.4, 0.5) is 0 Å². The Morgan fingerprint density at radius 2 is 2.22 bits per heavy atom. The van der Waals surface area contributed by atoms with Crippen LogP contribution < -0.4 is 0 Å². The fourth-order valence-corrected chi connectivity index (χ4v) is 2.68. The largest absolute Gasteiger partial charge is 0.464 e. The van der Waals surface area contributed by atoms with Crippen LogP contribution in [0.2, 0.25) is 0 Å². The molecule has 0 unspecified atom stereocenters. The third-order valence-corrected chi connectivity index (χ3v) is 3.73. The van der Waals surface area contributed by atoms with Crippen LogP contribution in [0.25, 0.3) is 11.0 Å². The first-order valence-corrected chi connectivity index (χ1v) is 6.52. The van der Waals surface area contributed by atoms with Gasteiger partial charge in [-0.25, -0.2) is 4.98 Å². The van der Waals surface area contributed by atoms with Gasteiger partial charge in [-0.3, -0.25) is 4.79 Å². The number of carbonyl (C=O) groups excluding carboxylic acids is 1. The summed E-state index contributed by atoms with van der Waals surface area (Å²) in [5, 5.41) is 3.68. The Labute approximate surface area is 108 Å². The van der Waals surface area contributed by atoms with E-state index >= 15 is 0 Å². The van der Waals surface area contributed by atoms with Crippen LogP contribution in [0.1, 0.15) is 21.1 Å². The van der Waals surface area contributed by atoms with Gasteiger partial charge in [-0.15, -0.1) is 11.3 Å². The van der Waals surface area contributed by atoms with Crippen molar-refractivity contribution >= 4 is 28.1 Å². The fraction of sp³-hybridized carbons (Fsp3) is 0.143. The Morgan fingerprint density at radius 3 is 3.00 bits per heavy atom. The fourth-order valence-electron chi connectivity index (χ4n) is 1.91. The zero-order chi connectivity index (χ0) is 12.5. The van der Waals surface area contributed by atoms with Crippen LogP contribution in [-0.4, -0.2) is 10.8 Å². The number of hydrogen-bond acceptors (Lipinski definition) is 4. The highest BCUT2D eigenvalue weighted by Gasteiger charge is 2.15. The number of nitrogens with zero attached hydrogens (tertiary/aromatic N) is 1. The summed E-state index contributed by atoms with van der Waals surface area (Å²) in [5.74, 6) is 0.0503. The number of carbonyl (C=O) groups is 1. The molecule has 0 radical (unpaired) electrons. The number of aromatic nitrogens is 1. The van der Waals surface area contributed by atoms with Gasteiger partial charge in [-0.2, -0.15) is 0 Å². The predicted molar refractivity (Wildman–Crippen MR) is 71.1 cm³/mol. The monoisotopic (exact) mass is 257 g/mol. The van der Waals surface area contributed by atoms with E-state index in [1.165, 1.54) is 17.6 Å². The molecule has 2 aromatic heterocycles. The molecular weight excluding hydrogens is 246 g/mol. The number of benzene rings is 1. The van der Waals surface area contributed by atoms with Gasteiger partial charge in [0, 0.05) is 16.5 Å². The molecule has 0 saturated carbocycles. The van der Waals surface area contributed by atoms with E-state index in [0.29, 0.717) is 12.0 Å². The van der Waals surface area contributed by atoms with Crippen molar-refractivity contribution in [3.63, 3.8) is 0 Å². The number of Topliss-reactive ketones (excluding diaryl/α,β-unsaturated/α-hetero) is 1. The molecule has 0 aliphatic heterocycles. The SMILES string of the molecule is Cc1csc(CC(=O)c2coc3ccccc23)n1. The first-order valence-electron chi connectivity index (χ1n) is 5.64. The summed E-state index contributed by atoms with van der Waals surface area (Å²) in [6, 6.07) is 7.56. The van der Waals surface area contributed by atoms with Gasteiger partial charge < -0.3 is 4.42 Å². The van der Waals surface area contributed by atoms with E-state index < -0.39 is 0 Å². The van der Waals surface area contributed by atoms with Gasteiger partial charge in [0.1, 0.15) is 16.9 Å². The Morgan fingerprint density at radius 1 is 1.39 bits per heavy atom. The molecule has 3 rings (SSSR count). The van der Waals surface area contributed by atoms with E-state index in [9.17, 15) is 4.79 Å². The van der Waals surface area contributed by atoms with E-state index in [2.05, 4.69) is 4.98 Å². The summed E-state index contributed by atoms with van der Waals surface area (Å²) >= 11 is 1.52. The van der Waals surface area contributed by atoms with Crippen LogP contribution in [0.15, 0.2) is 40.3 Å². The van der Waals surface area contributed by atoms with Gasteiger partial charge in [0.05, 0.1) is 12.0 Å². The van der Waals surface area contributed by atoms with Gasteiger partial charge in [0.2, 0.25) is 0 Å². The van der Waals surface area contributed by atoms with E-state index in [0.717, 1.165) is 21.7 Å². The summed E-state index contributed by atoms with van der Waals surface area (Å²) in [7, 11) is 0. The minimum Gasteiger partial charge on any atom is -0.464 e. The molecule has 0 aliphatic rings. The molecule has 0 saturated heterocycles. The molecule has 2 heterocycles. The normalized spacial score (nSPS) is 10.9. The van der Waals surface area contributed by atoms with Crippen LogP contribution >= 0.6 is 11.3 Å².